The van der Waals surface area contributed by atoms with Crippen molar-refractivity contribution in [1.29, 1.82) is 0 Å². The Balaban J connectivity index is 1.87. The Morgan fingerprint density at radius 2 is 1.95 bits per heavy atom. The summed E-state index contributed by atoms with van der Waals surface area (Å²) in [6.45, 7) is 6.21. The maximum Gasteiger partial charge on any atom is 0.250 e. The lowest BCUT2D eigenvalue weighted by Crippen LogP contribution is -2.19. The predicted molar refractivity (Wildman–Crippen MR) is 89.1 cm³/mol. The standard InChI is InChI=1S/C16H18N4OS/c1-11-5-6-14(13(3)12(11)2)9-19-20-15(21)10-22-16-17-7-4-8-18-16/h4-9H,10H2,1-3H3,(H,20,21). The molecular formula is C16H18N4OS. The molecule has 0 aliphatic rings. The summed E-state index contributed by atoms with van der Waals surface area (Å²) in [7, 11) is 0. The minimum Gasteiger partial charge on any atom is -0.272 e. The molecule has 22 heavy (non-hydrogen) atoms. The van der Waals surface area contributed by atoms with Crippen molar-refractivity contribution in [3.63, 3.8) is 0 Å². The first-order valence-electron chi connectivity index (χ1n) is 6.86. The van der Waals surface area contributed by atoms with E-state index >= 15 is 0 Å². The van der Waals surface area contributed by atoms with Gasteiger partial charge in [-0.3, -0.25) is 4.79 Å². The van der Waals surface area contributed by atoms with E-state index in [9.17, 15) is 4.79 Å². The molecule has 1 N–H and O–H groups in total. The Bertz CT molecular complexity index is 686. The van der Waals surface area contributed by atoms with Crippen molar-refractivity contribution in [2.24, 2.45) is 5.10 Å². The molecule has 0 aliphatic carbocycles. The van der Waals surface area contributed by atoms with Gasteiger partial charge in [-0.2, -0.15) is 5.10 Å². The number of nitrogens with zero attached hydrogens (tertiary/aromatic N) is 3. The molecule has 0 aliphatic heterocycles. The highest BCUT2D eigenvalue weighted by atomic mass is 32.2. The van der Waals surface area contributed by atoms with Crippen LogP contribution in [0.3, 0.4) is 0 Å². The summed E-state index contributed by atoms with van der Waals surface area (Å²) in [5.74, 6) is 0.0444. The molecule has 0 saturated carbocycles. The van der Waals surface area contributed by atoms with E-state index in [0.717, 1.165) is 5.56 Å². The van der Waals surface area contributed by atoms with Crippen molar-refractivity contribution in [2.45, 2.75) is 25.9 Å². The molecule has 1 heterocycles. The van der Waals surface area contributed by atoms with Crippen molar-refractivity contribution in [1.82, 2.24) is 15.4 Å². The van der Waals surface area contributed by atoms with Gasteiger partial charge in [-0.15, -0.1) is 0 Å². The number of rotatable bonds is 5. The number of aromatic nitrogens is 2. The molecule has 2 rings (SSSR count). The number of carbonyl (C=O) groups excluding carboxylic acids is 1. The van der Waals surface area contributed by atoms with Crippen molar-refractivity contribution in [3.05, 3.63) is 52.8 Å². The lowest BCUT2D eigenvalue weighted by Gasteiger charge is -2.07. The number of aryl methyl sites for hydroxylation is 1. The third-order valence-electron chi connectivity index (χ3n) is 3.37. The van der Waals surface area contributed by atoms with Gasteiger partial charge in [0.2, 0.25) is 0 Å². The Kier molecular flexibility index (Phi) is 5.66. The molecule has 0 fully saturated rings. The molecular weight excluding hydrogens is 296 g/mol. The fraction of sp³-hybridized carbons (Fsp3) is 0.250. The molecule has 0 spiro atoms. The van der Waals surface area contributed by atoms with Crippen LogP contribution in [0, 0.1) is 20.8 Å². The SMILES string of the molecule is Cc1ccc(C=NNC(=O)CSc2ncccn2)c(C)c1C. The van der Waals surface area contributed by atoms with Gasteiger partial charge in [-0.25, -0.2) is 15.4 Å². The third kappa shape index (κ3) is 4.39. The maximum absolute atomic E-state index is 11.7. The van der Waals surface area contributed by atoms with E-state index in [2.05, 4.69) is 34.3 Å². The van der Waals surface area contributed by atoms with Gasteiger partial charge in [0.05, 0.1) is 12.0 Å². The predicted octanol–water partition coefficient (Wildman–Crippen LogP) is 2.64. The largest absolute Gasteiger partial charge is 0.272 e. The molecule has 6 heteroatoms. The van der Waals surface area contributed by atoms with Gasteiger partial charge in [0, 0.05) is 12.4 Å². The van der Waals surface area contributed by atoms with Crippen LogP contribution in [0.2, 0.25) is 0 Å². The topological polar surface area (TPSA) is 67.2 Å². The fourth-order valence-corrected chi connectivity index (χ4v) is 2.41. The number of thioether (sulfide) groups is 1. The molecule has 5 nitrogen and oxygen atoms in total. The average Bonchev–Trinajstić information content (AvgIpc) is 2.54. The quantitative estimate of drug-likeness (QED) is 0.399. The number of carbonyl (C=O) groups is 1. The first-order valence-corrected chi connectivity index (χ1v) is 7.85. The molecule has 114 valence electrons. The van der Waals surface area contributed by atoms with Crippen LogP contribution in [0.25, 0.3) is 0 Å². The lowest BCUT2D eigenvalue weighted by molar-refractivity contribution is -0.118. The number of amides is 1. The van der Waals surface area contributed by atoms with Crippen LogP contribution in [0.15, 0.2) is 40.9 Å². The maximum atomic E-state index is 11.7. The fourth-order valence-electron chi connectivity index (χ4n) is 1.81. The van der Waals surface area contributed by atoms with Gasteiger partial charge < -0.3 is 0 Å². The first-order chi connectivity index (χ1) is 10.6. The van der Waals surface area contributed by atoms with Gasteiger partial charge in [-0.1, -0.05) is 23.9 Å². The van der Waals surface area contributed by atoms with E-state index in [1.54, 1.807) is 24.7 Å². The Morgan fingerprint density at radius 1 is 1.23 bits per heavy atom. The summed E-state index contributed by atoms with van der Waals surface area (Å²) in [4.78, 5) is 19.8. The molecule has 1 amide bonds. The van der Waals surface area contributed by atoms with Gasteiger partial charge in [0.15, 0.2) is 5.16 Å². The van der Waals surface area contributed by atoms with Crippen LogP contribution >= 0.6 is 11.8 Å². The molecule has 0 radical (unpaired) electrons. The van der Waals surface area contributed by atoms with Crippen molar-refractivity contribution >= 4 is 23.9 Å². The monoisotopic (exact) mass is 314 g/mol. The zero-order valence-electron chi connectivity index (χ0n) is 12.8. The smallest absolute Gasteiger partial charge is 0.250 e. The van der Waals surface area contributed by atoms with Crippen LogP contribution in [-0.2, 0) is 4.79 Å². The van der Waals surface area contributed by atoms with E-state index in [1.807, 2.05) is 19.1 Å². The number of nitrogens with one attached hydrogen (secondary N) is 1. The Labute approximate surface area is 134 Å². The van der Waals surface area contributed by atoms with E-state index < -0.39 is 0 Å². The van der Waals surface area contributed by atoms with Crippen LogP contribution in [0.5, 0.6) is 0 Å². The Morgan fingerprint density at radius 3 is 2.68 bits per heavy atom. The molecule has 0 bridgehead atoms. The summed E-state index contributed by atoms with van der Waals surface area (Å²) < 4.78 is 0. The van der Waals surface area contributed by atoms with Crippen molar-refractivity contribution in [2.75, 3.05) is 5.75 Å². The highest BCUT2D eigenvalue weighted by Crippen LogP contribution is 2.15. The highest BCUT2D eigenvalue weighted by Gasteiger charge is 2.04. The minimum absolute atomic E-state index is 0.185. The first kappa shape index (κ1) is 16.2. The highest BCUT2D eigenvalue weighted by molar-refractivity contribution is 7.99. The summed E-state index contributed by atoms with van der Waals surface area (Å²) >= 11 is 1.27. The normalized spacial score (nSPS) is 10.9. The van der Waals surface area contributed by atoms with Crippen molar-refractivity contribution in [3.8, 4) is 0 Å². The molecule has 2 aromatic rings. The minimum atomic E-state index is -0.185. The average molecular weight is 314 g/mol. The van der Waals surface area contributed by atoms with Gasteiger partial charge in [0.25, 0.3) is 5.91 Å². The van der Waals surface area contributed by atoms with Crippen LogP contribution < -0.4 is 5.43 Å². The van der Waals surface area contributed by atoms with Crippen LogP contribution in [0.1, 0.15) is 22.3 Å². The second kappa shape index (κ2) is 7.70. The van der Waals surface area contributed by atoms with E-state index in [4.69, 9.17) is 0 Å². The summed E-state index contributed by atoms with van der Waals surface area (Å²) in [5.41, 5.74) is 7.18. The number of hydrazone groups is 1. The number of hydrogen-bond acceptors (Lipinski definition) is 5. The summed E-state index contributed by atoms with van der Waals surface area (Å²) in [6, 6.07) is 5.79. The van der Waals surface area contributed by atoms with Crippen LogP contribution in [0.4, 0.5) is 0 Å². The van der Waals surface area contributed by atoms with E-state index in [1.165, 1.54) is 28.5 Å². The number of hydrogen-bond donors (Lipinski definition) is 1. The zero-order chi connectivity index (χ0) is 15.9. The molecule has 0 saturated heterocycles. The second-order valence-corrected chi connectivity index (χ2v) is 5.78. The van der Waals surface area contributed by atoms with Crippen molar-refractivity contribution < 1.29 is 4.79 Å². The van der Waals surface area contributed by atoms with Crippen LogP contribution in [-0.4, -0.2) is 27.8 Å². The summed E-state index contributed by atoms with van der Waals surface area (Å²) in [6.07, 6.45) is 4.96. The number of benzene rings is 1. The summed E-state index contributed by atoms with van der Waals surface area (Å²) in [5, 5.41) is 4.58. The van der Waals surface area contributed by atoms with E-state index in [0.29, 0.717) is 5.16 Å². The van der Waals surface area contributed by atoms with E-state index in [-0.39, 0.29) is 11.7 Å². The Hall–Kier alpha value is -2.21. The molecule has 0 atom stereocenters. The second-order valence-electron chi connectivity index (χ2n) is 4.83. The van der Waals surface area contributed by atoms with Gasteiger partial charge >= 0.3 is 0 Å². The molecule has 1 aromatic heterocycles. The lowest BCUT2D eigenvalue weighted by atomic mass is 10.00. The van der Waals surface area contributed by atoms with Gasteiger partial charge in [-0.05, 0) is 49.1 Å². The molecule has 1 aromatic carbocycles. The molecule has 0 unspecified atom stereocenters. The third-order valence-corrected chi connectivity index (χ3v) is 4.24. The van der Waals surface area contributed by atoms with Gasteiger partial charge in [0.1, 0.15) is 0 Å². The zero-order valence-corrected chi connectivity index (χ0v) is 13.6.